The fourth-order valence-electron chi connectivity index (χ4n) is 1.65. The fraction of sp³-hybridized carbons (Fsp3) is 1.00. The summed E-state index contributed by atoms with van der Waals surface area (Å²) in [5.41, 5.74) is 0. The lowest BCUT2D eigenvalue weighted by atomic mass is 10.1. The monoisotopic (exact) mass is 127 g/mol. The van der Waals surface area contributed by atoms with E-state index in [1.165, 1.54) is 19.3 Å². The summed E-state index contributed by atoms with van der Waals surface area (Å²) in [6.07, 6.45) is 4.25. The summed E-state index contributed by atoms with van der Waals surface area (Å²) in [7, 11) is 4.37. The molecular formula is C8H17N. The standard InChI is InChI=1S/C8H17N/c1-7-4-5-8(6-7)9(2)3/h7-8H,4-6H2,1-3H3/t7?,8-/m0/s1. The summed E-state index contributed by atoms with van der Waals surface area (Å²) >= 11 is 0. The van der Waals surface area contributed by atoms with Crippen LogP contribution in [0.1, 0.15) is 26.2 Å². The Labute approximate surface area is 58.0 Å². The maximum atomic E-state index is 2.35. The Bertz CT molecular complexity index is 88.6. The third-order valence-corrected chi connectivity index (χ3v) is 2.40. The highest BCUT2D eigenvalue weighted by atomic mass is 15.1. The van der Waals surface area contributed by atoms with Gasteiger partial charge in [0, 0.05) is 6.04 Å². The van der Waals surface area contributed by atoms with Crippen molar-refractivity contribution in [2.45, 2.75) is 32.2 Å². The highest BCUT2D eigenvalue weighted by Gasteiger charge is 2.21. The van der Waals surface area contributed by atoms with E-state index >= 15 is 0 Å². The quantitative estimate of drug-likeness (QED) is 0.518. The second-order valence-electron chi connectivity index (χ2n) is 3.54. The molecule has 0 aliphatic heterocycles. The molecular weight excluding hydrogens is 110 g/mol. The largest absolute Gasteiger partial charge is 0.306 e. The minimum atomic E-state index is 0.875. The van der Waals surface area contributed by atoms with Crippen LogP contribution in [0, 0.1) is 5.92 Å². The summed E-state index contributed by atoms with van der Waals surface area (Å²) < 4.78 is 0. The molecule has 1 heteroatoms. The first-order valence-electron chi connectivity index (χ1n) is 3.86. The van der Waals surface area contributed by atoms with Gasteiger partial charge >= 0.3 is 0 Å². The van der Waals surface area contributed by atoms with Crippen molar-refractivity contribution in [2.75, 3.05) is 14.1 Å². The van der Waals surface area contributed by atoms with Crippen molar-refractivity contribution < 1.29 is 0 Å². The Morgan fingerprint density at radius 3 is 2.11 bits per heavy atom. The lowest BCUT2D eigenvalue weighted by Crippen LogP contribution is -2.24. The molecule has 0 bridgehead atoms. The molecule has 1 aliphatic carbocycles. The van der Waals surface area contributed by atoms with Gasteiger partial charge in [-0.2, -0.15) is 0 Å². The molecule has 0 radical (unpaired) electrons. The predicted octanol–water partition coefficient (Wildman–Crippen LogP) is 1.74. The Kier molecular flexibility index (Phi) is 2.12. The zero-order valence-electron chi connectivity index (χ0n) is 6.72. The SMILES string of the molecule is CC1CC[C@H](N(C)C)C1. The minimum Gasteiger partial charge on any atom is -0.306 e. The highest BCUT2D eigenvalue weighted by Crippen LogP contribution is 2.26. The molecule has 0 heterocycles. The van der Waals surface area contributed by atoms with E-state index < -0.39 is 0 Å². The summed E-state index contributed by atoms with van der Waals surface area (Å²) in [4.78, 5) is 2.35. The van der Waals surface area contributed by atoms with E-state index in [0.29, 0.717) is 0 Å². The maximum absolute atomic E-state index is 2.35. The molecule has 2 atom stereocenters. The molecule has 1 nitrogen and oxygen atoms in total. The van der Waals surface area contributed by atoms with Gasteiger partial charge in [0.25, 0.3) is 0 Å². The van der Waals surface area contributed by atoms with E-state index in [9.17, 15) is 0 Å². The van der Waals surface area contributed by atoms with Crippen LogP contribution in [0.4, 0.5) is 0 Å². The van der Waals surface area contributed by atoms with Crippen molar-refractivity contribution in [1.82, 2.24) is 4.90 Å². The minimum absolute atomic E-state index is 0.875. The molecule has 9 heavy (non-hydrogen) atoms. The molecule has 1 fully saturated rings. The number of hydrogen-bond donors (Lipinski definition) is 0. The van der Waals surface area contributed by atoms with Gasteiger partial charge in [-0.25, -0.2) is 0 Å². The molecule has 1 rings (SSSR count). The Hall–Kier alpha value is -0.0400. The molecule has 0 amide bonds. The van der Waals surface area contributed by atoms with E-state index in [2.05, 4.69) is 25.9 Å². The van der Waals surface area contributed by atoms with Gasteiger partial charge in [0.15, 0.2) is 0 Å². The fourth-order valence-corrected chi connectivity index (χ4v) is 1.65. The van der Waals surface area contributed by atoms with E-state index in [-0.39, 0.29) is 0 Å². The van der Waals surface area contributed by atoms with Crippen molar-refractivity contribution in [2.24, 2.45) is 5.92 Å². The average Bonchev–Trinajstić information content (AvgIpc) is 2.14. The third kappa shape index (κ3) is 1.68. The number of hydrogen-bond acceptors (Lipinski definition) is 1. The number of nitrogens with zero attached hydrogens (tertiary/aromatic N) is 1. The molecule has 0 saturated heterocycles. The Morgan fingerprint density at radius 2 is 1.89 bits per heavy atom. The first-order chi connectivity index (χ1) is 4.20. The summed E-state index contributed by atoms with van der Waals surface area (Å²) in [5.74, 6) is 0.970. The number of rotatable bonds is 1. The lowest BCUT2D eigenvalue weighted by Gasteiger charge is -2.17. The maximum Gasteiger partial charge on any atom is 0.00918 e. The Balaban J connectivity index is 2.30. The van der Waals surface area contributed by atoms with Crippen LogP contribution in [0.2, 0.25) is 0 Å². The molecule has 0 N–H and O–H groups in total. The second-order valence-corrected chi connectivity index (χ2v) is 3.54. The Morgan fingerprint density at radius 1 is 1.22 bits per heavy atom. The molecule has 0 aromatic rings. The van der Waals surface area contributed by atoms with Crippen molar-refractivity contribution >= 4 is 0 Å². The van der Waals surface area contributed by atoms with Gasteiger partial charge in [0.05, 0.1) is 0 Å². The van der Waals surface area contributed by atoms with Gasteiger partial charge in [-0.15, -0.1) is 0 Å². The molecule has 0 aromatic heterocycles. The van der Waals surface area contributed by atoms with Gasteiger partial charge in [-0.05, 0) is 39.3 Å². The van der Waals surface area contributed by atoms with Gasteiger partial charge in [-0.1, -0.05) is 6.92 Å². The molecule has 54 valence electrons. The van der Waals surface area contributed by atoms with Gasteiger partial charge in [0.1, 0.15) is 0 Å². The van der Waals surface area contributed by atoms with Crippen molar-refractivity contribution in [3.05, 3.63) is 0 Å². The van der Waals surface area contributed by atoms with Gasteiger partial charge < -0.3 is 4.90 Å². The molecule has 1 aliphatic rings. The molecule has 0 spiro atoms. The lowest BCUT2D eigenvalue weighted by molar-refractivity contribution is 0.293. The van der Waals surface area contributed by atoms with Gasteiger partial charge in [-0.3, -0.25) is 0 Å². The van der Waals surface area contributed by atoms with Crippen LogP contribution in [0.15, 0.2) is 0 Å². The van der Waals surface area contributed by atoms with Crippen LogP contribution in [-0.2, 0) is 0 Å². The normalized spacial score (nSPS) is 36.0. The highest BCUT2D eigenvalue weighted by molar-refractivity contribution is 4.77. The molecule has 1 saturated carbocycles. The smallest absolute Gasteiger partial charge is 0.00918 e. The van der Waals surface area contributed by atoms with Crippen molar-refractivity contribution in [3.8, 4) is 0 Å². The van der Waals surface area contributed by atoms with Crippen LogP contribution in [0.5, 0.6) is 0 Å². The molecule has 0 aromatic carbocycles. The van der Waals surface area contributed by atoms with Crippen LogP contribution < -0.4 is 0 Å². The van der Waals surface area contributed by atoms with E-state index in [1.54, 1.807) is 0 Å². The molecule has 1 unspecified atom stereocenters. The summed E-state index contributed by atoms with van der Waals surface area (Å²) in [6.45, 7) is 2.35. The summed E-state index contributed by atoms with van der Waals surface area (Å²) in [6, 6.07) is 0.875. The average molecular weight is 127 g/mol. The van der Waals surface area contributed by atoms with E-state index in [0.717, 1.165) is 12.0 Å². The third-order valence-electron chi connectivity index (χ3n) is 2.40. The van der Waals surface area contributed by atoms with E-state index in [1.807, 2.05) is 0 Å². The van der Waals surface area contributed by atoms with Crippen molar-refractivity contribution in [1.29, 1.82) is 0 Å². The van der Waals surface area contributed by atoms with Crippen LogP contribution >= 0.6 is 0 Å². The zero-order valence-corrected chi connectivity index (χ0v) is 6.72. The van der Waals surface area contributed by atoms with E-state index in [4.69, 9.17) is 0 Å². The van der Waals surface area contributed by atoms with Crippen molar-refractivity contribution in [3.63, 3.8) is 0 Å². The topological polar surface area (TPSA) is 3.24 Å². The van der Waals surface area contributed by atoms with Crippen LogP contribution in [0.25, 0.3) is 0 Å². The van der Waals surface area contributed by atoms with Gasteiger partial charge in [0.2, 0.25) is 0 Å². The first kappa shape index (κ1) is 7.07. The first-order valence-corrected chi connectivity index (χ1v) is 3.86. The zero-order chi connectivity index (χ0) is 6.85. The van der Waals surface area contributed by atoms with Crippen LogP contribution in [0.3, 0.4) is 0 Å². The summed E-state index contributed by atoms with van der Waals surface area (Å²) in [5, 5.41) is 0. The van der Waals surface area contributed by atoms with Crippen LogP contribution in [-0.4, -0.2) is 25.0 Å². The predicted molar refractivity (Wildman–Crippen MR) is 40.5 cm³/mol. The second kappa shape index (κ2) is 2.70.